The molecule has 0 amide bonds. The molecule has 2 aromatic heterocycles. The number of para-hydroxylation sites is 2. The molecule has 8 rings (SSSR count). The predicted octanol–water partition coefficient (Wildman–Crippen LogP) is 11.9. The smallest absolute Gasteiger partial charge is 0.148 e. The molecule has 6 aromatic carbocycles. The third-order valence-electron chi connectivity index (χ3n) is 8.96. The van der Waals surface area contributed by atoms with Gasteiger partial charge in [-0.05, 0) is 76.5 Å². The molecule has 0 fully saturated rings. The maximum atomic E-state index is 11.2. The van der Waals surface area contributed by atoms with Gasteiger partial charge in [0.2, 0.25) is 0 Å². The van der Waals surface area contributed by atoms with E-state index in [4.69, 9.17) is 16.0 Å². The molecule has 4 nitrogen and oxygen atoms in total. The average Bonchev–Trinajstić information content (AvgIpc) is 3.61. The number of pyridine rings is 1. The van der Waals surface area contributed by atoms with Crippen LogP contribution in [0.15, 0.2) is 152 Å². The fourth-order valence-corrected chi connectivity index (χ4v) is 6.37. The van der Waals surface area contributed by atoms with Gasteiger partial charge in [0, 0.05) is 42.8 Å². The van der Waals surface area contributed by atoms with Crippen molar-refractivity contribution in [1.82, 2.24) is 14.5 Å². The van der Waals surface area contributed by atoms with E-state index in [-0.39, 0.29) is 55.4 Å². The minimum absolute atomic E-state index is 0. The van der Waals surface area contributed by atoms with Gasteiger partial charge in [0.15, 0.2) is 0 Å². The monoisotopic (exact) mass is 863 g/mol. The van der Waals surface area contributed by atoms with E-state index < -0.39 is 25.0 Å². The largest absolute Gasteiger partial charge is 0.507 e. The number of aryl methyl sites for hydroxylation is 1. The number of phenols is 1. The number of hydrogen-bond acceptors (Lipinski definition) is 3. The van der Waals surface area contributed by atoms with E-state index in [0.717, 1.165) is 16.7 Å². The molecule has 0 bridgehead atoms. The Bertz CT molecular complexity index is 2910. The standard InChI is InChI=1S/C47H38N3O.Pt/c1-31-24-35(33-16-9-6-10-17-33)29-39(25-31)50-43-20-13-19-40(45(43)49-46(50)41-18-11-12-21-44(41)51)36-26-37(28-38(27-36)47(2,3)4)42-30-34(22-23-48-42)32-14-7-5-8-15-32;/h5-25,27-30,51H,1-4H3;/q-1;/i1D3,5D,7D,8D,14D,15D;. The Balaban J connectivity index is 0.00000544. The van der Waals surface area contributed by atoms with Crippen LogP contribution in [0, 0.1) is 12.9 Å². The number of aromatic hydroxyl groups is 1. The van der Waals surface area contributed by atoms with Gasteiger partial charge >= 0.3 is 0 Å². The van der Waals surface area contributed by atoms with Gasteiger partial charge in [-0.2, -0.15) is 0 Å². The molecule has 52 heavy (non-hydrogen) atoms. The van der Waals surface area contributed by atoms with E-state index in [2.05, 4.69) is 37.9 Å². The molecule has 0 aliphatic carbocycles. The zero-order valence-corrected chi connectivity index (χ0v) is 30.9. The van der Waals surface area contributed by atoms with E-state index in [0.29, 0.717) is 56.1 Å². The molecule has 0 radical (unpaired) electrons. The molecule has 0 atom stereocenters. The van der Waals surface area contributed by atoms with E-state index in [9.17, 15) is 5.11 Å². The molecule has 0 saturated carbocycles. The SMILES string of the molecule is [2H]c1c([2H])c([2H])c(-c2ccnc(-c3[c-]c(-c4cccc5c4nc(-c4ccccc4O)n5-c4cc(-c5ccccc5)cc(C([2H])([2H])[2H])c4)cc(C(C)(C)C)c3)c2)c([2H])c1[2H].[Pt]. The summed E-state index contributed by atoms with van der Waals surface area (Å²) < 4.78 is 68.8. The zero-order valence-electron chi connectivity index (χ0n) is 36.7. The molecule has 0 spiro atoms. The number of rotatable bonds is 6. The van der Waals surface area contributed by atoms with Crippen LogP contribution in [-0.4, -0.2) is 19.6 Å². The predicted molar refractivity (Wildman–Crippen MR) is 210 cm³/mol. The maximum Gasteiger partial charge on any atom is 0.148 e. The average molecular weight is 864 g/mol. The first kappa shape index (κ1) is 26.2. The van der Waals surface area contributed by atoms with Gasteiger partial charge in [0.05, 0.1) is 23.5 Å². The number of aromatic nitrogens is 3. The molecule has 2 heterocycles. The molecule has 1 N–H and O–H groups in total. The van der Waals surface area contributed by atoms with Gasteiger partial charge in [0.25, 0.3) is 0 Å². The summed E-state index contributed by atoms with van der Waals surface area (Å²) in [5.41, 5.74) is 7.64. The van der Waals surface area contributed by atoms with E-state index in [1.54, 1.807) is 48.7 Å². The number of nitrogens with zero attached hydrogens (tertiary/aromatic N) is 3. The maximum absolute atomic E-state index is 11.2. The Morgan fingerprint density at radius 2 is 1.46 bits per heavy atom. The fraction of sp³-hybridized carbons (Fsp3) is 0.106. The topological polar surface area (TPSA) is 50.9 Å². The number of hydrogen-bond donors (Lipinski definition) is 1. The first-order chi connectivity index (χ1) is 28.0. The summed E-state index contributed by atoms with van der Waals surface area (Å²) in [6.45, 7) is 3.88. The summed E-state index contributed by atoms with van der Waals surface area (Å²) >= 11 is 0. The quantitative estimate of drug-likeness (QED) is 0.169. The van der Waals surface area contributed by atoms with Crippen LogP contribution in [0.3, 0.4) is 0 Å². The number of phenolic OH excluding ortho intramolecular Hbond substituents is 1. The summed E-state index contributed by atoms with van der Waals surface area (Å²) in [4.78, 5) is 9.88. The van der Waals surface area contributed by atoms with Gasteiger partial charge in [-0.3, -0.25) is 9.55 Å². The van der Waals surface area contributed by atoms with E-state index in [1.807, 2.05) is 71.3 Å². The van der Waals surface area contributed by atoms with Crippen molar-refractivity contribution in [2.45, 2.75) is 33.0 Å². The Labute approximate surface area is 331 Å². The van der Waals surface area contributed by atoms with Crippen LogP contribution in [0.4, 0.5) is 0 Å². The van der Waals surface area contributed by atoms with Gasteiger partial charge in [-0.15, -0.1) is 29.3 Å². The van der Waals surface area contributed by atoms with Gasteiger partial charge in [0.1, 0.15) is 11.6 Å². The molecular weight excluding hydrogens is 818 g/mol. The Hall–Kier alpha value is -5.57. The summed E-state index contributed by atoms with van der Waals surface area (Å²) in [7, 11) is 0. The molecule has 5 heteroatoms. The third kappa shape index (κ3) is 6.75. The molecule has 0 unspecified atom stereocenters. The van der Waals surface area contributed by atoms with Crippen molar-refractivity contribution in [3.05, 3.63) is 169 Å². The van der Waals surface area contributed by atoms with Crippen LogP contribution in [0.1, 0.15) is 42.9 Å². The number of benzene rings is 6. The second-order valence-electron chi connectivity index (χ2n) is 13.5. The van der Waals surface area contributed by atoms with Crippen molar-refractivity contribution in [3.8, 4) is 67.5 Å². The first-order valence-electron chi connectivity index (χ1n) is 20.6. The van der Waals surface area contributed by atoms with Crippen molar-refractivity contribution in [2.24, 2.45) is 0 Å². The van der Waals surface area contributed by atoms with Crippen LogP contribution in [0.5, 0.6) is 5.75 Å². The fourth-order valence-electron chi connectivity index (χ4n) is 6.37. The van der Waals surface area contributed by atoms with Crippen LogP contribution in [0.25, 0.3) is 72.7 Å². The van der Waals surface area contributed by atoms with Crippen molar-refractivity contribution in [3.63, 3.8) is 0 Å². The summed E-state index contributed by atoms with van der Waals surface area (Å²) in [5, 5.41) is 11.2. The van der Waals surface area contributed by atoms with Gasteiger partial charge in [-0.1, -0.05) is 129 Å². The molecule has 0 aliphatic rings. The van der Waals surface area contributed by atoms with Crippen LogP contribution >= 0.6 is 0 Å². The van der Waals surface area contributed by atoms with Crippen LogP contribution in [0.2, 0.25) is 0 Å². The van der Waals surface area contributed by atoms with E-state index >= 15 is 0 Å². The second kappa shape index (κ2) is 14.2. The second-order valence-corrected chi connectivity index (χ2v) is 13.5. The normalized spacial score (nSPS) is 13.8. The summed E-state index contributed by atoms with van der Waals surface area (Å²) in [5.74, 6) is 0.418. The zero-order chi connectivity index (χ0) is 42.0. The Morgan fingerprint density at radius 3 is 2.23 bits per heavy atom. The van der Waals surface area contributed by atoms with Gasteiger partial charge in [-0.25, -0.2) is 4.98 Å². The first-order valence-corrected chi connectivity index (χ1v) is 16.6. The van der Waals surface area contributed by atoms with Gasteiger partial charge < -0.3 is 5.11 Å². The molecule has 258 valence electrons. The van der Waals surface area contributed by atoms with Crippen molar-refractivity contribution in [2.75, 3.05) is 0 Å². The molecule has 0 aliphatic heterocycles. The third-order valence-corrected chi connectivity index (χ3v) is 8.96. The summed E-state index contributed by atoms with van der Waals surface area (Å²) in [6, 6.07) is 36.6. The molecular formula is C47H38N3OPt-. The van der Waals surface area contributed by atoms with Crippen molar-refractivity contribution >= 4 is 11.0 Å². The molecule has 8 aromatic rings. The van der Waals surface area contributed by atoms with E-state index in [1.165, 1.54) is 0 Å². The minimum Gasteiger partial charge on any atom is -0.507 e. The van der Waals surface area contributed by atoms with Crippen LogP contribution in [-0.2, 0) is 26.5 Å². The molecule has 0 saturated heterocycles. The minimum atomic E-state index is -2.41. The van der Waals surface area contributed by atoms with Crippen molar-refractivity contribution < 1.29 is 37.1 Å². The Morgan fingerprint density at radius 1 is 0.712 bits per heavy atom. The van der Waals surface area contributed by atoms with Crippen LogP contribution < -0.4 is 0 Å². The van der Waals surface area contributed by atoms with Crippen molar-refractivity contribution in [1.29, 1.82) is 0 Å². The number of fused-ring (bicyclic) bond motifs is 1. The summed E-state index contributed by atoms with van der Waals surface area (Å²) in [6.07, 6.45) is 1.56. The number of imidazole rings is 1. The Kier molecular flexibility index (Phi) is 7.17.